The number of hydrogen-bond acceptors (Lipinski definition) is 0. The van der Waals surface area contributed by atoms with Gasteiger partial charge in [-0.3, -0.25) is 0 Å². The van der Waals surface area contributed by atoms with Gasteiger partial charge in [-0.15, -0.1) is 0 Å². The molecule has 1 heteroatoms. The summed E-state index contributed by atoms with van der Waals surface area (Å²) in [7, 11) is 0. The lowest BCUT2D eigenvalue weighted by molar-refractivity contribution is 1.51. The van der Waals surface area contributed by atoms with E-state index in [9.17, 15) is 0 Å². The quantitative estimate of drug-likeness (QED) is 0.601. The van der Waals surface area contributed by atoms with Crippen molar-refractivity contribution in [3.63, 3.8) is 0 Å². The Hall–Kier alpha value is -0.0500. The Morgan fingerprint density at radius 1 is 1.22 bits per heavy atom. The highest BCUT2D eigenvalue weighted by molar-refractivity contribution is 14.1. The summed E-state index contributed by atoms with van der Waals surface area (Å²) < 4.78 is 1.18. The van der Waals surface area contributed by atoms with E-state index in [0.717, 1.165) is 11.1 Å². The lowest BCUT2D eigenvalue weighted by Gasteiger charge is -1.96. The molecule has 0 N–H and O–H groups in total. The van der Waals surface area contributed by atoms with E-state index < -0.39 is 0 Å². The summed E-state index contributed by atoms with van der Waals surface area (Å²) in [5.41, 5.74) is 2.12. The summed E-state index contributed by atoms with van der Waals surface area (Å²) >= 11 is 2.25. The normalized spacial score (nSPS) is 9.67. The molecule has 0 fully saturated rings. The molecule has 0 saturated carbocycles. The van der Waals surface area contributed by atoms with E-state index in [1.165, 1.54) is 3.57 Å². The van der Waals surface area contributed by atoms with Crippen LogP contribution in [0.3, 0.4) is 0 Å². The maximum absolute atomic E-state index is 3.83. The third-order valence-electron chi connectivity index (χ3n) is 1.12. The zero-order chi connectivity index (χ0) is 6.85. The van der Waals surface area contributed by atoms with E-state index in [0.29, 0.717) is 0 Å². The summed E-state index contributed by atoms with van der Waals surface area (Å²) in [5, 5.41) is 0. The summed E-state index contributed by atoms with van der Waals surface area (Å²) in [6.07, 6.45) is 0. The van der Waals surface area contributed by atoms with Crippen LogP contribution in [0.15, 0.2) is 18.2 Å². The Bertz CT molecular complexity index is 216. The zero-order valence-corrected chi connectivity index (χ0v) is 7.18. The van der Waals surface area contributed by atoms with Crippen molar-refractivity contribution in [2.45, 2.75) is 0 Å². The summed E-state index contributed by atoms with van der Waals surface area (Å²) in [6, 6.07) is 5.96. The Labute approximate surface area is 69.4 Å². The van der Waals surface area contributed by atoms with Gasteiger partial charge in [-0.1, -0.05) is 12.1 Å². The van der Waals surface area contributed by atoms with Crippen molar-refractivity contribution in [1.82, 2.24) is 0 Å². The van der Waals surface area contributed by atoms with Gasteiger partial charge in [-0.05, 0) is 53.6 Å². The van der Waals surface area contributed by atoms with Crippen molar-refractivity contribution < 1.29 is 0 Å². The smallest absolute Gasteiger partial charge is 0.0165 e. The summed E-state index contributed by atoms with van der Waals surface area (Å²) in [6.45, 7) is 7.62. The fourth-order valence-electron chi connectivity index (χ4n) is 0.591. The van der Waals surface area contributed by atoms with Crippen LogP contribution in [-0.2, 0) is 0 Å². The van der Waals surface area contributed by atoms with Crippen LogP contribution in [0.5, 0.6) is 0 Å². The molecule has 0 spiro atoms. The maximum Gasteiger partial charge on any atom is 0.0165 e. The van der Waals surface area contributed by atoms with Crippen molar-refractivity contribution in [3.8, 4) is 0 Å². The van der Waals surface area contributed by atoms with Gasteiger partial charge in [0.05, 0.1) is 0 Å². The fraction of sp³-hybridized carbons (Fsp3) is 0. The molecule has 0 aromatic heterocycles. The Morgan fingerprint density at radius 2 is 1.89 bits per heavy atom. The minimum atomic E-state index is 1.05. The van der Waals surface area contributed by atoms with Crippen molar-refractivity contribution in [2.24, 2.45) is 0 Å². The molecule has 46 valence electrons. The lowest BCUT2D eigenvalue weighted by atomic mass is 10.2. The molecular weight excluding hydrogens is 223 g/mol. The second kappa shape index (κ2) is 2.69. The Kier molecular flexibility index (Phi) is 2.11. The van der Waals surface area contributed by atoms with Crippen LogP contribution in [0, 0.1) is 17.4 Å². The predicted octanol–water partition coefficient (Wildman–Crippen LogP) is 2.66. The first kappa shape index (κ1) is 7.06. The largest absolute Gasteiger partial charge is 0.0587 e. The van der Waals surface area contributed by atoms with Crippen LogP contribution in [0.2, 0.25) is 0 Å². The molecule has 0 aliphatic carbocycles. The Balaban J connectivity index is 3.17. The highest BCUT2D eigenvalue weighted by Gasteiger charge is 1.91. The number of benzene rings is 1. The first-order valence-electron chi connectivity index (χ1n) is 2.63. The zero-order valence-electron chi connectivity index (χ0n) is 5.02. The van der Waals surface area contributed by atoms with Gasteiger partial charge in [0, 0.05) is 3.57 Å². The number of halogens is 1. The van der Waals surface area contributed by atoms with Crippen LogP contribution in [0.1, 0.15) is 11.1 Å². The number of rotatable bonds is 0. The molecule has 0 saturated heterocycles. The van der Waals surface area contributed by atoms with E-state index in [-0.39, 0.29) is 0 Å². The molecule has 1 rings (SSSR count). The second-order valence-electron chi connectivity index (χ2n) is 1.93. The molecule has 0 aliphatic heterocycles. The molecular formula is C8H7I. The topological polar surface area (TPSA) is 0 Å². The minimum absolute atomic E-state index is 1.05. The molecule has 1 aromatic carbocycles. The predicted molar refractivity (Wildman–Crippen MR) is 48.1 cm³/mol. The van der Waals surface area contributed by atoms with Gasteiger partial charge in [-0.2, -0.15) is 0 Å². The van der Waals surface area contributed by atoms with Gasteiger partial charge in [-0.25, -0.2) is 0 Å². The first-order chi connectivity index (χ1) is 4.20. The molecule has 0 atom stereocenters. The monoisotopic (exact) mass is 230 g/mol. The van der Waals surface area contributed by atoms with Crippen LogP contribution < -0.4 is 0 Å². The van der Waals surface area contributed by atoms with Gasteiger partial charge < -0.3 is 0 Å². The lowest BCUT2D eigenvalue weighted by Crippen LogP contribution is -1.79. The SMILES string of the molecule is [CH2]c1ccc([CH2])c(I)c1. The van der Waals surface area contributed by atoms with Crippen molar-refractivity contribution in [3.05, 3.63) is 46.7 Å². The van der Waals surface area contributed by atoms with Crippen LogP contribution in [-0.4, -0.2) is 0 Å². The minimum Gasteiger partial charge on any atom is -0.0587 e. The van der Waals surface area contributed by atoms with Crippen molar-refractivity contribution >= 4 is 22.6 Å². The van der Waals surface area contributed by atoms with E-state index in [4.69, 9.17) is 0 Å². The molecule has 2 radical (unpaired) electrons. The molecule has 0 amide bonds. The Morgan fingerprint density at radius 3 is 2.33 bits per heavy atom. The van der Waals surface area contributed by atoms with Gasteiger partial charge >= 0.3 is 0 Å². The van der Waals surface area contributed by atoms with E-state index >= 15 is 0 Å². The van der Waals surface area contributed by atoms with Gasteiger partial charge in [0.25, 0.3) is 0 Å². The highest BCUT2D eigenvalue weighted by Crippen LogP contribution is 2.11. The number of hydrogen-bond donors (Lipinski definition) is 0. The van der Waals surface area contributed by atoms with E-state index in [1.54, 1.807) is 0 Å². The molecule has 0 nitrogen and oxygen atoms in total. The molecule has 0 heterocycles. The van der Waals surface area contributed by atoms with E-state index in [1.807, 2.05) is 18.2 Å². The van der Waals surface area contributed by atoms with Crippen molar-refractivity contribution in [2.75, 3.05) is 0 Å². The summed E-state index contributed by atoms with van der Waals surface area (Å²) in [5.74, 6) is 0. The van der Waals surface area contributed by atoms with E-state index in [2.05, 4.69) is 36.4 Å². The third kappa shape index (κ3) is 1.68. The average molecular weight is 230 g/mol. The van der Waals surface area contributed by atoms with Gasteiger partial charge in [0.2, 0.25) is 0 Å². The van der Waals surface area contributed by atoms with Crippen LogP contribution >= 0.6 is 22.6 Å². The maximum atomic E-state index is 3.83. The van der Waals surface area contributed by atoms with Gasteiger partial charge in [0.1, 0.15) is 0 Å². The standard InChI is InChI=1S/C8H7I/c1-6-3-4-7(2)8(9)5-6/h3-5H,1-2H2. The van der Waals surface area contributed by atoms with Crippen molar-refractivity contribution in [1.29, 1.82) is 0 Å². The second-order valence-corrected chi connectivity index (χ2v) is 3.09. The molecule has 0 bridgehead atoms. The van der Waals surface area contributed by atoms with Gasteiger partial charge in [0.15, 0.2) is 0 Å². The first-order valence-corrected chi connectivity index (χ1v) is 3.71. The summed E-state index contributed by atoms with van der Waals surface area (Å²) in [4.78, 5) is 0. The molecule has 9 heavy (non-hydrogen) atoms. The third-order valence-corrected chi connectivity index (χ3v) is 2.12. The molecule has 1 aromatic rings. The fourth-order valence-corrected chi connectivity index (χ4v) is 1.17. The average Bonchev–Trinajstić information content (AvgIpc) is 1.80. The molecule has 0 unspecified atom stereocenters. The molecule has 0 aliphatic rings. The highest BCUT2D eigenvalue weighted by atomic mass is 127. The van der Waals surface area contributed by atoms with Crippen LogP contribution in [0.25, 0.3) is 0 Å². The van der Waals surface area contributed by atoms with Crippen LogP contribution in [0.4, 0.5) is 0 Å².